The van der Waals surface area contributed by atoms with E-state index in [1.807, 2.05) is 0 Å². The van der Waals surface area contributed by atoms with Crippen LogP contribution in [0, 0.1) is 0 Å². The number of rotatable bonds is 5. The number of ether oxygens (including phenoxy) is 1. The number of esters is 1. The van der Waals surface area contributed by atoms with Crippen LogP contribution in [0.4, 0.5) is 17.6 Å². The van der Waals surface area contributed by atoms with Gasteiger partial charge < -0.3 is 19.7 Å². The minimum absolute atomic E-state index is 0.862. The number of carboxylic acid groups (broad SMARTS) is 1. The van der Waals surface area contributed by atoms with E-state index in [1.165, 1.54) is 0 Å². The summed E-state index contributed by atoms with van der Waals surface area (Å²) in [6, 6.07) is 0. The van der Waals surface area contributed by atoms with E-state index in [0.717, 1.165) is 0 Å². The highest BCUT2D eigenvalue weighted by Gasteiger charge is 2.64. The fourth-order valence-corrected chi connectivity index (χ4v) is 0.485. The number of aliphatic hydroxyl groups is 1. The molecule has 0 bridgehead atoms. The summed E-state index contributed by atoms with van der Waals surface area (Å²) in [6.07, 6.45) is 0. The van der Waals surface area contributed by atoms with E-state index in [1.54, 1.807) is 0 Å². The lowest BCUT2D eigenvalue weighted by Crippen LogP contribution is -2.58. The summed E-state index contributed by atoms with van der Waals surface area (Å²) in [6.45, 7) is -1.81. The van der Waals surface area contributed by atoms with Gasteiger partial charge in [0.05, 0.1) is 6.61 Å². The zero-order chi connectivity index (χ0) is 12.3. The molecule has 0 fully saturated rings. The topological polar surface area (TPSA) is 86.7 Å². The van der Waals surface area contributed by atoms with Gasteiger partial charge in [-0.25, -0.2) is 4.79 Å². The third kappa shape index (κ3) is 2.55. The maximum atomic E-state index is 12.4. The predicted molar refractivity (Wildman–Crippen MR) is 32.9 cm³/mol. The number of carbonyl (C=O) groups excluding carboxylic acids is 2. The Bertz CT molecular complexity index is 264. The first-order chi connectivity index (χ1) is 6.67. The number of carbonyl (C=O) groups is 2. The van der Waals surface area contributed by atoms with E-state index in [4.69, 9.17) is 5.11 Å². The highest BCUT2D eigenvalue weighted by molar-refractivity contribution is 5.88. The van der Waals surface area contributed by atoms with Crippen molar-refractivity contribution in [2.24, 2.45) is 0 Å². The average Bonchev–Trinajstić information content (AvgIpc) is 2.13. The van der Waals surface area contributed by atoms with Crippen molar-refractivity contribution in [3.05, 3.63) is 0 Å². The smallest absolute Gasteiger partial charge is 0.410 e. The SMILES string of the molecule is O=C([O-])C(F)(F)C(F)(F)C(=O)OCCO. The zero-order valence-corrected chi connectivity index (χ0v) is 7.01. The lowest BCUT2D eigenvalue weighted by atomic mass is 10.2. The number of hydrogen-bond acceptors (Lipinski definition) is 5. The van der Waals surface area contributed by atoms with Crippen LogP contribution in [0.15, 0.2) is 0 Å². The van der Waals surface area contributed by atoms with Gasteiger partial charge in [-0.1, -0.05) is 0 Å². The van der Waals surface area contributed by atoms with Crippen molar-refractivity contribution < 1.29 is 42.1 Å². The van der Waals surface area contributed by atoms with E-state index < -0.39 is 37.0 Å². The number of aliphatic hydroxyl groups excluding tert-OH is 1. The minimum atomic E-state index is -5.67. The molecule has 0 rings (SSSR count). The Morgan fingerprint density at radius 2 is 1.67 bits per heavy atom. The van der Waals surface area contributed by atoms with Gasteiger partial charge in [0, 0.05) is 0 Å². The highest BCUT2D eigenvalue weighted by atomic mass is 19.3. The summed E-state index contributed by atoms with van der Waals surface area (Å²) in [5.74, 6) is -17.3. The zero-order valence-electron chi connectivity index (χ0n) is 7.01. The van der Waals surface area contributed by atoms with Gasteiger partial charge in [-0.05, 0) is 0 Å². The number of aliphatic carboxylic acids is 1. The molecule has 0 aromatic heterocycles. The minimum Gasteiger partial charge on any atom is -0.544 e. The third-order valence-corrected chi connectivity index (χ3v) is 1.23. The Hall–Kier alpha value is -1.38. The van der Waals surface area contributed by atoms with E-state index in [-0.39, 0.29) is 0 Å². The number of alkyl halides is 4. The van der Waals surface area contributed by atoms with Gasteiger partial charge in [0.25, 0.3) is 0 Å². The summed E-state index contributed by atoms with van der Waals surface area (Å²) < 4.78 is 52.8. The molecular formula is C6H5F4O5-. The molecule has 0 heterocycles. The molecule has 0 aromatic rings. The molecule has 0 aliphatic heterocycles. The molecule has 0 spiro atoms. The average molecular weight is 233 g/mol. The second-order valence-electron chi connectivity index (χ2n) is 2.30. The van der Waals surface area contributed by atoms with Crippen LogP contribution in [-0.4, -0.2) is 42.1 Å². The quantitative estimate of drug-likeness (QED) is 0.463. The standard InChI is InChI=1S/C6H6F4O5/c7-5(8,3(12)13)6(9,10)4(14)15-2-1-11/h11H,1-2H2,(H,12,13)/p-1. The third-order valence-electron chi connectivity index (χ3n) is 1.23. The van der Waals surface area contributed by atoms with Crippen LogP contribution in [0.2, 0.25) is 0 Å². The lowest BCUT2D eigenvalue weighted by molar-refractivity contribution is -0.346. The summed E-state index contributed by atoms with van der Waals surface area (Å²) in [4.78, 5) is 20.0. The molecule has 9 heteroatoms. The van der Waals surface area contributed by atoms with Crippen LogP contribution in [0.25, 0.3) is 0 Å². The molecule has 0 saturated heterocycles. The van der Waals surface area contributed by atoms with E-state index in [0.29, 0.717) is 0 Å². The summed E-state index contributed by atoms with van der Waals surface area (Å²) in [5, 5.41) is 17.7. The van der Waals surface area contributed by atoms with Crippen molar-refractivity contribution in [1.29, 1.82) is 0 Å². The first-order valence-electron chi connectivity index (χ1n) is 3.43. The normalized spacial score (nSPS) is 12.3. The van der Waals surface area contributed by atoms with Crippen molar-refractivity contribution >= 4 is 11.9 Å². The van der Waals surface area contributed by atoms with Gasteiger partial charge in [0.1, 0.15) is 12.6 Å². The first kappa shape index (κ1) is 13.6. The van der Waals surface area contributed by atoms with E-state index in [9.17, 15) is 32.3 Å². The largest absolute Gasteiger partial charge is 0.544 e. The molecule has 0 amide bonds. The second kappa shape index (κ2) is 4.43. The predicted octanol–water partition coefficient (Wildman–Crippen LogP) is -1.46. The first-order valence-corrected chi connectivity index (χ1v) is 3.43. The maximum Gasteiger partial charge on any atom is 0.410 e. The Kier molecular flexibility index (Phi) is 4.02. The van der Waals surface area contributed by atoms with E-state index >= 15 is 0 Å². The monoisotopic (exact) mass is 233 g/mol. The van der Waals surface area contributed by atoms with Gasteiger partial charge in [0.2, 0.25) is 0 Å². The Labute approximate surface area is 80.3 Å². The number of hydrogen-bond donors (Lipinski definition) is 1. The van der Waals surface area contributed by atoms with Crippen molar-refractivity contribution in [2.75, 3.05) is 13.2 Å². The van der Waals surface area contributed by atoms with Crippen LogP contribution >= 0.6 is 0 Å². The Balaban J connectivity index is 4.80. The van der Waals surface area contributed by atoms with Gasteiger partial charge in [-0.3, -0.25) is 0 Å². The Morgan fingerprint density at radius 1 is 1.20 bits per heavy atom. The molecular weight excluding hydrogens is 228 g/mol. The van der Waals surface area contributed by atoms with E-state index in [2.05, 4.69) is 4.74 Å². The van der Waals surface area contributed by atoms with Crippen LogP contribution in [0.3, 0.4) is 0 Å². The molecule has 0 atom stereocenters. The van der Waals surface area contributed by atoms with Crippen molar-refractivity contribution in [3.63, 3.8) is 0 Å². The maximum absolute atomic E-state index is 12.4. The van der Waals surface area contributed by atoms with Gasteiger partial charge in [0.15, 0.2) is 0 Å². The highest BCUT2D eigenvalue weighted by Crippen LogP contribution is 2.34. The molecule has 88 valence electrons. The summed E-state index contributed by atoms with van der Waals surface area (Å²) in [5.41, 5.74) is 0. The molecule has 0 aromatic carbocycles. The van der Waals surface area contributed by atoms with Crippen molar-refractivity contribution in [2.45, 2.75) is 11.8 Å². The fourth-order valence-electron chi connectivity index (χ4n) is 0.485. The lowest BCUT2D eigenvalue weighted by Gasteiger charge is -2.24. The number of halogens is 4. The molecule has 5 nitrogen and oxygen atoms in total. The second-order valence-corrected chi connectivity index (χ2v) is 2.30. The van der Waals surface area contributed by atoms with Gasteiger partial charge in [-0.2, -0.15) is 17.6 Å². The summed E-state index contributed by atoms with van der Waals surface area (Å²) >= 11 is 0. The summed E-state index contributed by atoms with van der Waals surface area (Å²) in [7, 11) is 0. The van der Waals surface area contributed by atoms with Crippen LogP contribution in [0.1, 0.15) is 0 Å². The molecule has 1 N–H and O–H groups in total. The van der Waals surface area contributed by atoms with Gasteiger partial charge in [-0.15, -0.1) is 0 Å². The molecule has 15 heavy (non-hydrogen) atoms. The van der Waals surface area contributed by atoms with Crippen molar-refractivity contribution in [1.82, 2.24) is 0 Å². The molecule has 0 radical (unpaired) electrons. The Morgan fingerprint density at radius 3 is 2.00 bits per heavy atom. The van der Waals surface area contributed by atoms with Gasteiger partial charge >= 0.3 is 17.8 Å². The van der Waals surface area contributed by atoms with Crippen LogP contribution < -0.4 is 5.11 Å². The molecule has 0 aliphatic carbocycles. The molecule has 0 aliphatic rings. The van der Waals surface area contributed by atoms with Crippen molar-refractivity contribution in [3.8, 4) is 0 Å². The number of carboxylic acids is 1. The van der Waals surface area contributed by atoms with Crippen LogP contribution in [-0.2, 0) is 14.3 Å². The molecule has 0 saturated carbocycles. The van der Waals surface area contributed by atoms with Crippen LogP contribution in [0.5, 0.6) is 0 Å². The molecule has 0 unspecified atom stereocenters. The fraction of sp³-hybridized carbons (Fsp3) is 0.667.